The fourth-order valence-electron chi connectivity index (χ4n) is 4.10. The second-order valence-electron chi connectivity index (χ2n) is 7.35. The molecule has 0 heterocycles. The van der Waals surface area contributed by atoms with Crippen LogP contribution in [-0.2, 0) is 6.16 Å². The van der Waals surface area contributed by atoms with Crippen molar-refractivity contribution in [3.8, 4) is 11.5 Å². The summed E-state index contributed by atoms with van der Waals surface area (Å²) < 4.78 is 5.36. The van der Waals surface area contributed by atoms with Gasteiger partial charge in [-0.15, -0.1) is 0 Å². The number of para-hydroxylation sites is 1. The van der Waals surface area contributed by atoms with Gasteiger partial charge in [0.2, 0.25) is 0 Å². The Hall–Kier alpha value is -2.61. The Morgan fingerprint density at radius 1 is 0.700 bits per heavy atom. The van der Waals surface area contributed by atoms with Gasteiger partial charge in [0.25, 0.3) is 0 Å². The number of halogens is 1. The van der Waals surface area contributed by atoms with Crippen molar-refractivity contribution >= 4 is 36.7 Å². The van der Waals surface area contributed by atoms with Crippen LogP contribution in [0.3, 0.4) is 0 Å². The SMILES string of the molecule is COc1ccc(CP(Br)(c2ccccc2)(c2ccccc2)c2ccccc2O)cc1. The summed E-state index contributed by atoms with van der Waals surface area (Å²) in [4.78, 5) is 0. The monoisotopic (exact) mass is 478 g/mol. The van der Waals surface area contributed by atoms with Gasteiger partial charge in [-0.05, 0) is 0 Å². The number of phenols is 1. The number of ether oxygens (including phenoxy) is 1. The zero-order chi connectivity index (χ0) is 21.1. The third-order valence-electron chi connectivity index (χ3n) is 5.61. The summed E-state index contributed by atoms with van der Waals surface area (Å²) in [5, 5.41) is 11.1. The van der Waals surface area contributed by atoms with Gasteiger partial charge in [0.1, 0.15) is 0 Å². The predicted molar refractivity (Wildman–Crippen MR) is 132 cm³/mol. The maximum atomic E-state index is 11.1. The Morgan fingerprint density at radius 3 is 1.70 bits per heavy atom. The molecule has 0 spiro atoms. The first-order valence-corrected chi connectivity index (χ1v) is 14.3. The molecule has 0 aliphatic rings. The van der Waals surface area contributed by atoms with Gasteiger partial charge in [0.05, 0.1) is 0 Å². The van der Waals surface area contributed by atoms with E-state index in [-0.39, 0.29) is 0 Å². The molecule has 0 amide bonds. The molecule has 4 heteroatoms. The van der Waals surface area contributed by atoms with Gasteiger partial charge < -0.3 is 0 Å². The van der Waals surface area contributed by atoms with Crippen LogP contribution in [0.15, 0.2) is 109 Å². The Balaban J connectivity index is 2.07. The fraction of sp³-hybridized carbons (Fsp3) is 0.0769. The predicted octanol–water partition coefficient (Wildman–Crippen LogP) is 5.74. The zero-order valence-electron chi connectivity index (χ0n) is 16.8. The number of phenolic OH excluding ortho intramolecular Hbond substituents is 1. The van der Waals surface area contributed by atoms with Gasteiger partial charge >= 0.3 is 186 Å². The number of hydrogen-bond acceptors (Lipinski definition) is 2. The van der Waals surface area contributed by atoms with Crippen molar-refractivity contribution in [2.45, 2.75) is 6.16 Å². The summed E-state index contributed by atoms with van der Waals surface area (Å²) >= 11 is 4.38. The number of hydrogen-bond donors (Lipinski definition) is 1. The molecule has 0 bridgehead atoms. The quantitative estimate of drug-likeness (QED) is 0.358. The van der Waals surface area contributed by atoms with Crippen LogP contribution in [0, 0.1) is 0 Å². The third kappa shape index (κ3) is 3.43. The summed E-state index contributed by atoms with van der Waals surface area (Å²) in [5.74, 6) is 1.13. The maximum absolute atomic E-state index is 11.1. The van der Waals surface area contributed by atoms with E-state index in [1.54, 1.807) is 13.2 Å². The van der Waals surface area contributed by atoms with Crippen LogP contribution in [0.2, 0.25) is 0 Å². The summed E-state index contributed by atoms with van der Waals surface area (Å²) in [5.41, 5.74) is 1.17. The van der Waals surface area contributed by atoms with Crippen molar-refractivity contribution in [2.75, 3.05) is 7.11 Å². The van der Waals surface area contributed by atoms with E-state index in [4.69, 9.17) is 4.74 Å². The van der Waals surface area contributed by atoms with Crippen molar-refractivity contribution in [1.29, 1.82) is 0 Å². The van der Waals surface area contributed by atoms with E-state index in [1.165, 1.54) is 16.2 Å². The second kappa shape index (κ2) is 8.26. The molecule has 0 aliphatic heterocycles. The van der Waals surface area contributed by atoms with Crippen LogP contribution in [0.1, 0.15) is 5.56 Å². The molecule has 152 valence electrons. The first-order chi connectivity index (χ1) is 14.6. The van der Waals surface area contributed by atoms with Crippen LogP contribution in [-0.4, -0.2) is 12.2 Å². The number of methoxy groups -OCH3 is 1. The van der Waals surface area contributed by atoms with E-state index >= 15 is 0 Å². The molecule has 2 nitrogen and oxygen atoms in total. The summed E-state index contributed by atoms with van der Waals surface area (Å²) in [6, 6.07) is 36.8. The first kappa shape index (κ1) is 20.7. The molecule has 0 saturated heterocycles. The molecule has 0 atom stereocenters. The molecule has 4 aromatic rings. The zero-order valence-corrected chi connectivity index (χ0v) is 19.3. The topological polar surface area (TPSA) is 29.5 Å². The van der Waals surface area contributed by atoms with Crippen molar-refractivity contribution < 1.29 is 9.84 Å². The van der Waals surface area contributed by atoms with Gasteiger partial charge in [-0.1, -0.05) is 0 Å². The van der Waals surface area contributed by atoms with Gasteiger partial charge in [-0.25, -0.2) is 0 Å². The summed E-state index contributed by atoms with van der Waals surface area (Å²) in [7, 11) is 1.68. The standard InChI is InChI=1S/C26H24BrO2P/c1-29-22-18-16-21(17-19-22)20-30(27,23-10-4-2-5-11-23,24-12-6-3-7-13-24)26-15-9-8-14-25(26)28/h2-19,28H,20H2,1H3. The molecule has 4 aromatic carbocycles. The molecule has 0 aliphatic carbocycles. The third-order valence-corrected chi connectivity index (χ3v) is 15.1. The Kier molecular flexibility index (Phi) is 5.69. The molecule has 0 saturated carbocycles. The fourth-order valence-corrected chi connectivity index (χ4v) is 12.1. The minimum absolute atomic E-state index is 0.299. The second-order valence-corrected chi connectivity index (χ2v) is 16.2. The average Bonchev–Trinajstić information content (AvgIpc) is 2.81. The molecule has 30 heavy (non-hydrogen) atoms. The Labute approximate surface area is 185 Å². The van der Waals surface area contributed by atoms with Gasteiger partial charge in [-0.2, -0.15) is 0 Å². The van der Waals surface area contributed by atoms with Crippen molar-refractivity contribution in [3.63, 3.8) is 0 Å². The molecular formula is C26H24BrO2P. The van der Waals surface area contributed by atoms with Crippen LogP contribution < -0.4 is 20.7 Å². The van der Waals surface area contributed by atoms with E-state index in [1.807, 2.05) is 42.5 Å². The van der Waals surface area contributed by atoms with E-state index in [2.05, 4.69) is 76.2 Å². The van der Waals surface area contributed by atoms with Crippen LogP contribution >= 0.6 is 20.8 Å². The van der Waals surface area contributed by atoms with E-state index in [0.29, 0.717) is 5.75 Å². The molecule has 0 fully saturated rings. The summed E-state index contributed by atoms with van der Waals surface area (Å²) in [6.45, 7) is 0. The first-order valence-electron chi connectivity index (χ1n) is 9.82. The van der Waals surface area contributed by atoms with Crippen molar-refractivity contribution in [3.05, 3.63) is 115 Å². The normalized spacial score (nSPS) is 12.7. The molecule has 0 radical (unpaired) electrons. The molecule has 0 aromatic heterocycles. The number of aromatic hydroxyl groups is 1. The van der Waals surface area contributed by atoms with Crippen LogP contribution in [0.4, 0.5) is 0 Å². The van der Waals surface area contributed by atoms with Gasteiger partial charge in [0, 0.05) is 0 Å². The molecule has 1 N–H and O–H groups in total. The Bertz CT molecular complexity index is 1090. The van der Waals surface area contributed by atoms with Crippen molar-refractivity contribution in [1.82, 2.24) is 0 Å². The van der Waals surface area contributed by atoms with E-state index < -0.39 is 5.31 Å². The number of rotatable bonds is 6. The molecular weight excluding hydrogens is 455 g/mol. The molecule has 0 unspecified atom stereocenters. The van der Waals surface area contributed by atoms with E-state index in [9.17, 15) is 5.11 Å². The number of benzene rings is 4. The Morgan fingerprint density at radius 2 is 1.20 bits per heavy atom. The molecule has 4 rings (SSSR count). The van der Waals surface area contributed by atoms with Crippen LogP contribution in [0.5, 0.6) is 11.5 Å². The van der Waals surface area contributed by atoms with Gasteiger partial charge in [-0.3, -0.25) is 0 Å². The van der Waals surface area contributed by atoms with Crippen molar-refractivity contribution in [2.24, 2.45) is 0 Å². The van der Waals surface area contributed by atoms with Crippen LogP contribution in [0.25, 0.3) is 0 Å². The average molecular weight is 479 g/mol. The van der Waals surface area contributed by atoms with Gasteiger partial charge in [0.15, 0.2) is 0 Å². The summed E-state index contributed by atoms with van der Waals surface area (Å²) in [6.07, 6.45) is 0.723. The van der Waals surface area contributed by atoms with E-state index in [0.717, 1.165) is 17.2 Å². The minimum atomic E-state index is -3.23.